The van der Waals surface area contributed by atoms with Gasteiger partial charge in [0.2, 0.25) is 0 Å². The van der Waals surface area contributed by atoms with Crippen LogP contribution in [0.25, 0.3) is 0 Å². The number of carbonyl (C=O) groups excluding carboxylic acids is 1. The minimum atomic E-state index is -0.600. The Labute approximate surface area is 114 Å². The first-order valence-electron chi connectivity index (χ1n) is 6.54. The van der Waals surface area contributed by atoms with E-state index >= 15 is 0 Å². The lowest BCUT2D eigenvalue weighted by Crippen LogP contribution is -2.66. The van der Waals surface area contributed by atoms with Gasteiger partial charge in [-0.15, -0.1) is 0 Å². The van der Waals surface area contributed by atoms with Gasteiger partial charge in [-0.1, -0.05) is 20.3 Å². The van der Waals surface area contributed by atoms with Crippen molar-refractivity contribution in [2.45, 2.75) is 64.8 Å². The molecule has 2 aliphatic heterocycles. The summed E-state index contributed by atoms with van der Waals surface area (Å²) >= 11 is 5.44. The van der Waals surface area contributed by atoms with E-state index in [4.69, 9.17) is 17.0 Å². The van der Waals surface area contributed by atoms with Crippen LogP contribution < -0.4 is 5.32 Å². The number of carbonyl (C=O) groups is 1. The van der Waals surface area contributed by atoms with E-state index in [0.717, 1.165) is 12.8 Å². The molecule has 0 aliphatic carbocycles. The smallest absolute Gasteiger partial charge is 0.331 e. The summed E-state index contributed by atoms with van der Waals surface area (Å²) in [6, 6.07) is -0.254. The van der Waals surface area contributed by atoms with Gasteiger partial charge in [-0.25, -0.2) is 4.79 Å². The minimum absolute atomic E-state index is 0.145. The first-order valence-corrected chi connectivity index (χ1v) is 6.95. The van der Waals surface area contributed by atoms with Crippen LogP contribution in [0.3, 0.4) is 0 Å². The van der Waals surface area contributed by atoms with Gasteiger partial charge in [0.25, 0.3) is 0 Å². The van der Waals surface area contributed by atoms with Crippen molar-refractivity contribution in [3.63, 3.8) is 0 Å². The summed E-state index contributed by atoms with van der Waals surface area (Å²) < 4.78 is 5.65. The Kier molecular flexibility index (Phi) is 3.08. The molecule has 0 saturated carbocycles. The molecule has 18 heavy (non-hydrogen) atoms. The van der Waals surface area contributed by atoms with E-state index in [9.17, 15) is 4.79 Å². The third kappa shape index (κ3) is 1.98. The molecule has 2 heterocycles. The molecule has 0 aromatic carbocycles. The third-order valence-electron chi connectivity index (χ3n) is 3.97. The van der Waals surface area contributed by atoms with Crippen molar-refractivity contribution in [3.8, 4) is 0 Å². The van der Waals surface area contributed by atoms with Crippen molar-refractivity contribution in [3.05, 3.63) is 0 Å². The van der Waals surface area contributed by atoms with Gasteiger partial charge in [0.1, 0.15) is 6.04 Å². The Hall–Kier alpha value is -0.840. The number of thiocarbonyl (C=S) groups is 1. The van der Waals surface area contributed by atoms with E-state index in [1.807, 2.05) is 11.8 Å². The van der Waals surface area contributed by atoms with Gasteiger partial charge >= 0.3 is 5.97 Å². The van der Waals surface area contributed by atoms with Crippen molar-refractivity contribution in [1.29, 1.82) is 0 Å². The first kappa shape index (κ1) is 13.6. The second-order valence-electron chi connectivity index (χ2n) is 6.29. The van der Waals surface area contributed by atoms with E-state index in [1.54, 1.807) is 0 Å². The Balaban J connectivity index is 2.37. The van der Waals surface area contributed by atoms with Crippen LogP contribution >= 0.6 is 12.2 Å². The van der Waals surface area contributed by atoms with Crippen molar-refractivity contribution in [2.75, 3.05) is 0 Å². The van der Waals surface area contributed by atoms with Crippen LogP contribution in [-0.4, -0.2) is 33.3 Å². The van der Waals surface area contributed by atoms with E-state index in [0.29, 0.717) is 5.11 Å². The minimum Gasteiger partial charge on any atom is -0.437 e. The molecule has 1 N–H and O–H groups in total. The summed E-state index contributed by atoms with van der Waals surface area (Å²) in [6.07, 6.45) is 1.66. The van der Waals surface area contributed by atoms with Crippen molar-refractivity contribution in [2.24, 2.45) is 5.92 Å². The number of ether oxygens (including phenoxy) is 1. The van der Waals surface area contributed by atoms with E-state index in [-0.39, 0.29) is 23.5 Å². The van der Waals surface area contributed by atoms with Gasteiger partial charge in [0, 0.05) is 12.0 Å². The molecule has 2 fully saturated rings. The highest BCUT2D eigenvalue weighted by molar-refractivity contribution is 7.80. The topological polar surface area (TPSA) is 41.6 Å². The highest BCUT2D eigenvalue weighted by Gasteiger charge is 2.57. The first-order chi connectivity index (χ1) is 8.20. The SMILES string of the molecule is CCC(C)C1C(=O)OC2(C)CC(C)(C)NC(=S)N12. The highest BCUT2D eigenvalue weighted by atomic mass is 32.1. The fourth-order valence-corrected chi connectivity index (χ4v) is 3.70. The predicted octanol–water partition coefficient (Wildman–Crippen LogP) is 2.03. The van der Waals surface area contributed by atoms with E-state index in [2.05, 4.69) is 33.0 Å². The van der Waals surface area contributed by atoms with Crippen LogP contribution in [0.15, 0.2) is 0 Å². The molecular weight excluding hydrogens is 248 g/mol. The average Bonchev–Trinajstić information content (AvgIpc) is 2.45. The lowest BCUT2D eigenvalue weighted by Gasteiger charge is -2.48. The summed E-state index contributed by atoms with van der Waals surface area (Å²) in [6.45, 7) is 10.3. The van der Waals surface area contributed by atoms with Crippen molar-refractivity contribution in [1.82, 2.24) is 10.2 Å². The molecule has 2 saturated heterocycles. The molecule has 0 radical (unpaired) electrons. The zero-order valence-electron chi connectivity index (χ0n) is 11.7. The second kappa shape index (κ2) is 4.08. The van der Waals surface area contributed by atoms with Gasteiger partial charge in [0.05, 0.1) is 0 Å². The standard InChI is InChI=1S/C13H22N2O2S/c1-6-8(2)9-10(16)17-13(5)7-12(3,4)14-11(18)15(9)13/h8-9H,6-7H2,1-5H3,(H,14,18). The fraction of sp³-hybridized carbons (Fsp3) is 0.846. The maximum absolute atomic E-state index is 12.2. The maximum atomic E-state index is 12.2. The molecule has 5 heteroatoms. The van der Waals surface area contributed by atoms with Crippen LogP contribution in [0.5, 0.6) is 0 Å². The number of nitrogens with zero attached hydrogens (tertiary/aromatic N) is 1. The van der Waals surface area contributed by atoms with Gasteiger partial charge in [-0.3, -0.25) is 4.90 Å². The molecule has 2 aliphatic rings. The monoisotopic (exact) mass is 270 g/mol. The molecular formula is C13H22N2O2S. The summed E-state index contributed by atoms with van der Waals surface area (Å²) in [5.41, 5.74) is -0.746. The fourth-order valence-electron chi connectivity index (χ4n) is 3.11. The molecule has 0 aromatic rings. The molecule has 0 spiro atoms. The Bertz CT molecular complexity index is 396. The van der Waals surface area contributed by atoms with E-state index < -0.39 is 5.72 Å². The molecule has 0 aromatic heterocycles. The van der Waals surface area contributed by atoms with Gasteiger partial charge < -0.3 is 10.1 Å². The molecule has 2 rings (SSSR count). The molecule has 0 bridgehead atoms. The molecule has 3 unspecified atom stereocenters. The quantitative estimate of drug-likeness (QED) is 0.614. The van der Waals surface area contributed by atoms with Crippen molar-refractivity contribution >= 4 is 23.3 Å². The summed E-state index contributed by atoms with van der Waals surface area (Å²) in [5, 5.41) is 3.94. The van der Waals surface area contributed by atoms with Crippen LogP contribution in [0.2, 0.25) is 0 Å². The number of hydrogen-bond acceptors (Lipinski definition) is 3. The summed E-state index contributed by atoms with van der Waals surface area (Å²) in [5.74, 6) is 0.0917. The molecule has 0 amide bonds. The zero-order valence-corrected chi connectivity index (χ0v) is 12.6. The normalized spacial score (nSPS) is 35.8. The lowest BCUT2D eigenvalue weighted by molar-refractivity contribution is -0.153. The van der Waals surface area contributed by atoms with Crippen molar-refractivity contribution < 1.29 is 9.53 Å². The van der Waals surface area contributed by atoms with Gasteiger partial charge in [-0.2, -0.15) is 0 Å². The maximum Gasteiger partial charge on any atom is 0.331 e. The van der Waals surface area contributed by atoms with Crippen LogP contribution in [0.4, 0.5) is 0 Å². The summed E-state index contributed by atoms with van der Waals surface area (Å²) in [4.78, 5) is 14.1. The van der Waals surface area contributed by atoms with Gasteiger partial charge in [-0.05, 0) is 38.9 Å². The largest absolute Gasteiger partial charge is 0.437 e. The zero-order chi connectivity index (χ0) is 13.7. The highest BCUT2D eigenvalue weighted by Crippen LogP contribution is 2.41. The number of nitrogens with one attached hydrogen (secondary N) is 1. The van der Waals surface area contributed by atoms with Crippen LogP contribution in [-0.2, 0) is 9.53 Å². The molecule has 4 nitrogen and oxygen atoms in total. The van der Waals surface area contributed by atoms with Gasteiger partial charge in [0.15, 0.2) is 10.8 Å². The number of rotatable bonds is 2. The molecule has 102 valence electrons. The number of hydrogen-bond donors (Lipinski definition) is 1. The van der Waals surface area contributed by atoms with Crippen LogP contribution in [0, 0.1) is 5.92 Å². The second-order valence-corrected chi connectivity index (χ2v) is 6.67. The Morgan fingerprint density at radius 3 is 2.72 bits per heavy atom. The lowest BCUT2D eigenvalue weighted by atomic mass is 9.88. The number of fused-ring (bicyclic) bond motifs is 1. The Morgan fingerprint density at radius 2 is 2.17 bits per heavy atom. The third-order valence-corrected chi connectivity index (χ3v) is 4.27. The summed E-state index contributed by atoms with van der Waals surface area (Å²) in [7, 11) is 0. The average molecular weight is 270 g/mol. The molecule has 3 atom stereocenters. The number of esters is 1. The Morgan fingerprint density at radius 1 is 1.56 bits per heavy atom. The predicted molar refractivity (Wildman–Crippen MR) is 74.0 cm³/mol. The van der Waals surface area contributed by atoms with Crippen LogP contribution in [0.1, 0.15) is 47.5 Å². The van der Waals surface area contributed by atoms with E-state index in [1.165, 1.54) is 0 Å².